The summed E-state index contributed by atoms with van der Waals surface area (Å²) in [5.41, 5.74) is 1.49. The zero-order valence-corrected chi connectivity index (χ0v) is 14.1. The number of hydrogen-bond donors (Lipinski definition) is 1. The zero-order chi connectivity index (χ0) is 17.6. The average Bonchev–Trinajstić information content (AvgIpc) is 3.50. The first kappa shape index (κ1) is 17.0. The number of aromatic nitrogens is 1. The first-order chi connectivity index (χ1) is 12.2. The van der Waals surface area contributed by atoms with E-state index in [0.29, 0.717) is 12.1 Å². The van der Waals surface area contributed by atoms with E-state index in [0.717, 1.165) is 24.2 Å². The van der Waals surface area contributed by atoms with Gasteiger partial charge in [0, 0.05) is 25.0 Å². The normalized spacial score (nSPS) is 13.2. The smallest absolute Gasteiger partial charge is 0.253 e. The van der Waals surface area contributed by atoms with Crippen molar-refractivity contribution >= 4 is 11.8 Å². The fraction of sp³-hybridized carbons (Fsp3) is 0.316. The summed E-state index contributed by atoms with van der Waals surface area (Å²) in [4.78, 5) is 30.4. The molecule has 1 aliphatic carbocycles. The Morgan fingerprint density at radius 3 is 2.60 bits per heavy atom. The lowest BCUT2D eigenvalue weighted by atomic mass is 10.2. The number of pyridine rings is 1. The standard InChI is InChI=1S/C19H21N3O3/c1-25-17-8-4-14(5-9-17)13-22(16-6-7-16)18(23)12-21-19(24)15-3-2-10-20-11-15/h2-5,8-11,16H,6-7,12-13H2,1H3,(H,21,24). The molecular weight excluding hydrogens is 318 g/mol. The maximum absolute atomic E-state index is 12.6. The highest BCUT2D eigenvalue weighted by molar-refractivity contribution is 5.96. The van der Waals surface area contributed by atoms with Gasteiger partial charge in [0.2, 0.25) is 5.91 Å². The molecule has 3 rings (SSSR count). The van der Waals surface area contributed by atoms with E-state index in [1.54, 1.807) is 25.4 Å². The lowest BCUT2D eigenvalue weighted by Crippen LogP contribution is -2.41. The van der Waals surface area contributed by atoms with Crippen LogP contribution in [0.4, 0.5) is 0 Å². The van der Waals surface area contributed by atoms with Crippen LogP contribution < -0.4 is 10.1 Å². The minimum atomic E-state index is -0.290. The summed E-state index contributed by atoms with van der Waals surface area (Å²) < 4.78 is 5.16. The third kappa shape index (κ3) is 4.56. The van der Waals surface area contributed by atoms with Crippen molar-refractivity contribution in [3.05, 3.63) is 59.9 Å². The fourth-order valence-electron chi connectivity index (χ4n) is 2.59. The van der Waals surface area contributed by atoms with Gasteiger partial charge in [-0.25, -0.2) is 0 Å². The summed E-state index contributed by atoms with van der Waals surface area (Å²) in [7, 11) is 1.62. The molecule has 1 aliphatic rings. The van der Waals surface area contributed by atoms with Crippen LogP contribution in [0.2, 0.25) is 0 Å². The van der Waals surface area contributed by atoms with Gasteiger partial charge in [0.05, 0.1) is 19.2 Å². The van der Waals surface area contributed by atoms with Crippen LogP contribution in [0.1, 0.15) is 28.8 Å². The van der Waals surface area contributed by atoms with Crippen LogP contribution in [-0.2, 0) is 11.3 Å². The molecular formula is C19H21N3O3. The molecule has 0 unspecified atom stereocenters. The number of ether oxygens (including phenoxy) is 1. The summed E-state index contributed by atoms with van der Waals surface area (Å²) in [6, 6.07) is 11.3. The number of hydrogen-bond acceptors (Lipinski definition) is 4. The SMILES string of the molecule is COc1ccc(CN(C(=O)CNC(=O)c2cccnc2)C2CC2)cc1. The molecule has 1 heterocycles. The number of nitrogens with one attached hydrogen (secondary N) is 1. The van der Waals surface area contributed by atoms with Crippen molar-refractivity contribution in [2.24, 2.45) is 0 Å². The van der Waals surface area contributed by atoms with Gasteiger partial charge in [-0.2, -0.15) is 0 Å². The van der Waals surface area contributed by atoms with Crippen molar-refractivity contribution < 1.29 is 14.3 Å². The number of methoxy groups -OCH3 is 1. The number of rotatable bonds is 7. The third-order valence-corrected chi connectivity index (χ3v) is 4.14. The van der Waals surface area contributed by atoms with Crippen molar-refractivity contribution in [3.8, 4) is 5.75 Å². The quantitative estimate of drug-likeness (QED) is 0.838. The van der Waals surface area contributed by atoms with Crippen molar-refractivity contribution in [3.63, 3.8) is 0 Å². The lowest BCUT2D eigenvalue weighted by molar-refractivity contribution is -0.131. The van der Waals surface area contributed by atoms with Crippen LogP contribution in [0, 0.1) is 0 Å². The van der Waals surface area contributed by atoms with Crippen molar-refractivity contribution in [1.29, 1.82) is 0 Å². The van der Waals surface area contributed by atoms with Crippen molar-refractivity contribution in [2.75, 3.05) is 13.7 Å². The van der Waals surface area contributed by atoms with Gasteiger partial charge in [0.1, 0.15) is 5.75 Å². The molecule has 0 aliphatic heterocycles. The Hall–Kier alpha value is -2.89. The van der Waals surface area contributed by atoms with Crippen LogP contribution in [-0.4, -0.2) is 41.4 Å². The average molecular weight is 339 g/mol. The Morgan fingerprint density at radius 2 is 2.00 bits per heavy atom. The second-order valence-electron chi connectivity index (χ2n) is 6.03. The number of carbonyl (C=O) groups excluding carboxylic acids is 2. The van der Waals surface area contributed by atoms with E-state index in [1.165, 1.54) is 6.20 Å². The first-order valence-electron chi connectivity index (χ1n) is 8.28. The van der Waals surface area contributed by atoms with Crippen LogP contribution in [0.3, 0.4) is 0 Å². The Bertz CT molecular complexity index is 727. The molecule has 1 saturated carbocycles. The lowest BCUT2D eigenvalue weighted by Gasteiger charge is -2.23. The van der Waals surface area contributed by atoms with Gasteiger partial charge in [-0.15, -0.1) is 0 Å². The summed E-state index contributed by atoms with van der Waals surface area (Å²) >= 11 is 0. The van der Waals surface area contributed by atoms with Gasteiger partial charge in [0.25, 0.3) is 5.91 Å². The van der Waals surface area contributed by atoms with Crippen LogP contribution in [0.5, 0.6) is 5.75 Å². The second-order valence-corrected chi connectivity index (χ2v) is 6.03. The molecule has 1 aromatic carbocycles. The largest absolute Gasteiger partial charge is 0.497 e. The highest BCUT2D eigenvalue weighted by Crippen LogP contribution is 2.28. The summed E-state index contributed by atoms with van der Waals surface area (Å²) in [6.45, 7) is 0.524. The fourth-order valence-corrected chi connectivity index (χ4v) is 2.59. The molecule has 6 nitrogen and oxygen atoms in total. The minimum absolute atomic E-state index is 0.0135. The Labute approximate surface area is 146 Å². The molecule has 1 aromatic heterocycles. The summed E-state index contributed by atoms with van der Waals surface area (Å²) in [5.74, 6) is 0.425. The predicted molar refractivity (Wildman–Crippen MR) is 93.1 cm³/mol. The van der Waals surface area contributed by atoms with E-state index in [1.807, 2.05) is 29.2 Å². The number of benzene rings is 1. The van der Waals surface area contributed by atoms with Gasteiger partial charge in [-0.05, 0) is 42.7 Å². The van der Waals surface area contributed by atoms with Crippen LogP contribution >= 0.6 is 0 Å². The van der Waals surface area contributed by atoms with Crippen LogP contribution in [0.15, 0.2) is 48.8 Å². The zero-order valence-electron chi connectivity index (χ0n) is 14.1. The van der Waals surface area contributed by atoms with Crippen LogP contribution in [0.25, 0.3) is 0 Å². The van der Waals surface area contributed by atoms with Gasteiger partial charge in [0.15, 0.2) is 0 Å². The molecule has 130 valence electrons. The monoisotopic (exact) mass is 339 g/mol. The molecule has 2 amide bonds. The van der Waals surface area contributed by atoms with Crippen molar-refractivity contribution in [2.45, 2.75) is 25.4 Å². The molecule has 0 spiro atoms. The number of amides is 2. The number of nitrogens with zero attached hydrogens (tertiary/aromatic N) is 2. The van der Waals surface area contributed by atoms with Gasteiger partial charge >= 0.3 is 0 Å². The topological polar surface area (TPSA) is 71.5 Å². The summed E-state index contributed by atoms with van der Waals surface area (Å²) in [6.07, 6.45) is 5.11. The Balaban J connectivity index is 1.58. The van der Waals surface area contributed by atoms with E-state index < -0.39 is 0 Å². The molecule has 1 fully saturated rings. The highest BCUT2D eigenvalue weighted by Gasteiger charge is 2.32. The molecule has 2 aromatic rings. The van der Waals surface area contributed by atoms with Gasteiger partial charge in [-0.3, -0.25) is 14.6 Å². The molecule has 25 heavy (non-hydrogen) atoms. The Morgan fingerprint density at radius 1 is 1.24 bits per heavy atom. The van der Waals surface area contributed by atoms with E-state index in [9.17, 15) is 9.59 Å². The second kappa shape index (κ2) is 7.79. The molecule has 0 bridgehead atoms. The molecule has 0 atom stereocenters. The van der Waals surface area contributed by atoms with E-state index in [4.69, 9.17) is 4.74 Å². The van der Waals surface area contributed by atoms with E-state index in [2.05, 4.69) is 10.3 Å². The molecule has 0 saturated heterocycles. The molecule has 1 N–H and O–H groups in total. The maximum atomic E-state index is 12.6. The van der Waals surface area contributed by atoms with Gasteiger partial charge in [-0.1, -0.05) is 12.1 Å². The summed E-state index contributed by atoms with van der Waals surface area (Å²) in [5, 5.41) is 2.68. The maximum Gasteiger partial charge on any atom is 0.253 e. The number of carbonyl (C=O) groups is 2. The predicted octanol–water partition coefficient (Wildman–Crippen LogP) is 2.01. The molecule has 6 heteroatoms. The Kier molecular flexibility index (Phi) is 5.28. The highest BCUT2D eigenvalue weighted by atomic mass is 16.5. The first-order valence-corrected chi connectivity index (χ1v) is 8.28. The van der Waals surface area contributed by atoms with E-state index in [-0.39, 0.29) is 24.4 Å². The van der Waals surface area contributed by atoms with E-state index >= 15 is 0 Å². The molecule has 0 radical (unpaired) electrons. The third-order valence-electron chi connectivity index (χ3n) is 4.14. The van der Waals surface area contributed by atoms with Crippen molar-refractivity contribution in [1.82, 2.24) is 15.2 Å². The van der Waals surface area contributed by atoms with Gasteiger partial charge < -0.3 is 15.0 Å². The minimum Gasteiger partial charge on any atom is -0.497 e.